The van der Waals surface area contributed by atoms with Crippen molar-refractivity contribution in [2.45, 2.75) is 72.3 Å². The molecule has 1 rings (SSSR count). The standard InChI is InChI=1S/C14H29N/c1-5-6-7-8-14(4)9-11-15(12-10-14)13(2)3/h13H,5-12H2,1-4H3. The fourth-order valence-corrected chi connectivity index (χ4v) is 2.63. The number of unbranched alkanes of at least 4 members (excludes halogenated alkanes) is 2. The van der Waals surface area contributed by atoms with Crippen LogP contribution in [0.4, 0.5) is 0 Å². The van der Waals surface area contributed by atoms with Crippen molar-refractivity contribution in [3.05, 3.63) is 0 Å². The fourth-order valence-electron chi connectivity index (χ4n) is 2.63. The summed E-state index contributed by atoms with van der Waals surface area (Å²) < 4.78 is 0. The lowest BCUT2D eigenvalue weighted by Crippen LogP contribution is -2.42. The Bertz CT molecular complexity index is 166. The van der Waals surface area contributed by atoms with Gasteiger partial charge in [0, 0.05) is 6.04 Å². The van der Waals surface area contributed by atoms with E-state index in [0.29, 0.717) is 5.41 Å². The third-order valence-electron chi connectivity index (χ3n) is 4.12. The summed E-state index contributed by atoms with van der Waals surface area (Å²) in [4.78, 5) is 2.63. The Hall–Kier alpha value is -0.0400. The molecule has 15 heavy (non-hydrogen) atoms. The Morgan fingerprint density at radius 2 is 1.73 bits per heavy atom. The topological polar surface area (TPSA) is 3.24 Å². The van der Waals surface area contributed by atoms with Gasteiger partial charge in [-0.25, -0.2) is 0 Å². The normalized spacial score (nSPS) is 22.2. The SMILES string of the molecule is CCCCCC1(C)CCN(C(C)C)CC1. The van der Waals surface area contributed by atoms with Gasteiger partial charge >= 0.3 is 0 Å². The Balaban J connectivity index is 2.27. The van der Waals surface area contributed by atoms with Crippen LogP contribution in [-0.2, 0) is 0 Å². The highest BCUT2D eigenvalue weighted by atomic mass is 15.1. The molecule has 1 fully saturated rings. The first-order chi connectivity index (χ1) is 7.07. The summed E-state index contributed by atoms with van der Waals surface area (Å²) in [5.41, 5.74) is 0.653. The van der Waals surface area contributed by atoms with Crippen LogP contribution in [0.1, 0.15) is 66.2 Å². The predicted octanol–water partition coefficient (Wildman–Crippen LogP) is 4.08. The molecule has 0 atom stereocenters. The lowest BCUT2D eigenvalue weighted by molar-refractivity contribution is 0.0868. The fraction of sp³-hybridized carbons (Fsp3) is 1.00. The van der Waals surface area contributed by atoms with E-state index < -0.39 is 0 Å². The second kappa shape index (κ2) is 5.89. The number of hydrogen-bond acceptors (Lipinski definition) is 1. The van der Waals surface area contributed by atoms with Crippen LogP contribution in [0.5, 0.6) is 0 Å². The monoisotopic (exact) mass is 211 g/mol. The van der Waals surface area contributed by atoms with Crippen molar-refractivity contribution >= 4 is 0 Å². The maximum absolute atomic E-state index is 2.63. The molecule has 1 heterocycles. The van der Waals surface area contributed by atoms with Crippen molar-refractivity contribution in [1.29, 1.82) is 0 Å². The zero-order valence-corrected chi connectivity index (χ0v) is 11.2. The third kappa shape index (κ3) is 4.14. The van der Waals surface area contributed by atoms with Gasteiger partial charge in [0.25, 0.3) is 0 Å². The summed E-state index contributed by atoms with van der Waals surface area (Å²) in [5, 5.41) is 0. The molecule has 0 amide bonds. The lowest BCUT2D eigenvalue weighted by Gasteiger charge is -2.41. The second-order valence-electron chi connectivity index (χ2n) is 5.90. The summed E-state index contributed by atoms with van der Waals surface area (Å²) in [5.74, 6) is 0. The van der Waals surface area contributed by atoms with Crippen molar-refractivity contribution in [2.75, 3.05) is 13.1 Å². The zero-order chi connectivity index (χ0) is 11.3. The molecule has 0 aromatic heterocycles. The molecular weight excluding hydrogens is 182 g/mol. The van der Waals surface area contributed by atoms with E-state index in [0.717, 1.165) is 6.04 Å². The van der Waals surface area contributed by atoms with Gasteiger partial charge in [-0.1, -0.05) is 33.1 Å². The molecule has 0 aliphatic carbocycles. The Morgan fingerprint density at radius 1 is 1.13 bits per heavy atom. The summed E-state index contributed by atoms with van der Waals surface area (Å²) >= 11 is 0. The van der Waals surface area contributed by atoms with Crippen LogP contribution < -0.4 is 0 Å². The van der Waals surface area contributed by atoms with Crippen LogP contribution in [0.2, 0.25) is 0 Å². The molecule has 1 aliphatic heterocycles. The molecule has 0 N–H and O–H groups in total. The maximum Gasteiger partial charge on any atom is 0.00385 e. The van der Waals surface area contributed by atoms with Crippen molar-refractivity contribution in [2.24, 2.45) is 5.41 Å². The molecule has 90 valence electrons. The summed E-state index contributed by atoms with van der Waals surface area (Å²) in [6, 6.07) is 0.741. The van der Waals surface area contributed by atoms with E-state index in [9.17, 15) is 0 Å². The molecular formula is C14H29N. The van der Waals surface area contributed by atoms with Gasteiger partial charge in [0.2, 0.25) is 0 Å². The van der Waals surface area contributed by atoms with E-state index in [1.807, 2.05) is 0 Å². The van der Waals surface area contributed by atoms with Crippen LogP contribution in [0, 0.1) is 5.41 Å². The number of rotatable bonds is 5. The first kappa shape index (κ1) is 13.0. The van der Waals surface area contributed by atoms with E-state index >= 15 is 0 Å². The first-order valence-corrected chi connectivity index (χ1v) is 6.81. The minimum Gasteiger partial charge on any atom is -0.301 e. The number of nitrogens with zero attached hydrogens (tertiary/aromatic N) is 1. The number of hydrogen-bond donors (Lipinski definition) is 0. The molecule has 0 saturated carbocycles. The van der Waals surface area contributed by atoms with Gasteiger partial charge in [0.05, 0.1) is 0 Å². The van der Waals surface area contributed by atoms with E-state index in [-0.39, 0.29) is 0 Å². The Kier molecular flexibility index (Phi) is 5.11. The molecule has 1 nitrogen and oxygen atoms in total. The Labute approximate surface area is 96.2 Å². The van der Waals surface area contributed by atoms with Crippen molar-refractivity contribution < 1.29 is 0 Å². The van der Waals surface area contributed by atoms with Crippen LogP contribution in [0.15, 0.2) is 0 Å². The average molecular weight is 211 g/mol. The van der Waals surface area contributed by atoms with Gasteiger partial charge in [-0.15, -0.1) is 0 Å². The van der Waals surface area contributed by atoms with Gasteiger partial charge < -0.3 is 4.90 Å². The molecule has 0 radical (unpaired) electrons. The molecule has 0 aromatic rings. The van der Waals surface area contributed by atoms with Crippen LogP contribution in [0.3, 0.4) is 0 Å². The second-order valence-corrected chi connectivity index (χ2v) is 5.90. The van der Waals surface area contributed by atoms with E-state index in [1.165, 1.54) is 51.6 Å². The minimum atomic E-state index is 0.653. The highest BCUT2D eigenvalue weighted by Gasteiger charge is 2.29. The molecule has 0 bridgehead atoms. The van der Waals surface area contributed by atoms with Crippen LogP contribution in [0.25, 0.3) is 0 Å². The van der Waals surface area contributed by atoms with Gasteiger partial charge in [0.1, 0.15) is 0 Å². The summed E-state index contributed by atoms with van der Waals surface area (Å²) in [6.45, 7) is 12.1. The minimum absolute atomic E-state index is 0.653. The zero-order valence-electron chi connectivity index (χ0n) is 11.2. The average Bonchev–Trinajstić information content (AvgIpc) is 2.18. The first-order valence-electron chi connectivity index (χ1n) is 6.81. The predicted molar refractivity (Wildman–Crippen MR) is 68.2 cm³/mol. The number of likely N-dealkylation sites (tertiary alicyclic amines) is 1. The molecule has 1 saturated heterocycles. The molecule has 0 unspecified atom stereocenters. The van der Waals surface area contributed by atoms with Crippen molar-refractivity contribution in [3.8, 4) is 0 Å². The molecule has 1 heteroatoms. The molecule has 1 aliphatic rings. The molecule has 0 spiro atoms. The van der Waals surface area contributed by atoms with E-state index in [2.05, 4.69) is 32.6 Å². The quantitative estimate of drug-likeness (QED) is 0.619. The van der Waals surface area contributed by atoms with E-state index in [4.69, 9.17) is 0 Å². The van der Waals surface area contributed by atoms with Gasteiger partial charge in [0.15, 0.2) is 0 Å². The third-order valence-corrected chi connectivity index (χ3v) is 4.12. The van der Waals surface area contributed by atoms with Crippen LogP contribution >= 0.6 is 0 Å². The Morgan fingerprint density at radius 3 is 2.20 bits per heavy atom. The lowest BCUT2D eigenvalue weighted by atomic mass is 9.76. The maximum atomic E-state index is 2.63. The van der Waals surface area contributed by atoms with Gasteiger partial charge in [-0.2, -0.15) is 0 Å². The molecule has 0 aromatic carbocycles. The highest BCUT2D eigenvalue weighted by Crippen LogP contribution is 2.36. The number of piperidine rings is 1. The van der Waals surface area contributed by atoms with Crippen LogP contribution in [-0.4, -0.2) is 24.0 Å². The van der Waals surface area contributed by atoms with E-state index in [1.54, 1.807) is 0 Å². The van der Waals surface area contributed by atoms with Gasteiger partial charge in [-0.05, 0) is 51.6 Å². The highest BCUT2D eigenvalue weighted by molar-refractivity contribution is 4.83. The largest absolute Gasteiger partial charge is 0.301 e. The summed E-state index contributed by atoms with van der Waals surface area (Å²) in [7, 11) is 0. The van der Waals surface area contributed by atoms with Crippen molar-refractivity contribution in [3.63, 3.8) is 0 Å². The summed E-state index contributed by atoms with van der Waals surface area (Å²) in [6.07, 6.45) is 8.49. The van der Waals surface area contributed by atoms with Crippen molar-refractivity contribution in [1.82, 2.24) is 4.90 Å². The smallest absolute Gasteiger partial charge is 0.00385 e. The van der Waals surface area contributed by atoms with Gasteiger partial charge in [-0.3, -0.25) is 0 Å².